The highest BCUT2D eigenvalue weighted by molar-refractivity contribution is 7.91. The van der Waals surface area contributed by atoms with Gasteiger partial charge in [-0.1, -0.05) is 6.92 Å². The predicted molar refractivity (Wildman–Crippen MR) is 85.4 cm³/mol. The molecule has 4 rings (SSSR count). The molecular formula is C13H22N4O2S2. The third-order valence-electron chi connectivity index (χ3n) is 4.43. The van der Waals surface area contributed by atoms with Crippen LogP contribution in [0.1, 0.15) is 26.2 Å². The van der Waals surface area contributed by atoms with Gasteiger partial charge in [-0.3, -0.25) is 0 Å². The fourth-order valence-electron chi connectivity index (χ4n) is 3.35. The van der Waals surface area contributed by atoms with Crippen molar-refractivity contribution in [1.29, 1.82) is 0 Å². The van der Waals surface area contributed by atoms with Crippen LogP contribution in [-0.4, -0.2) is 49.1 Å². The van der Waals surface area contributed by atoms with Crippen molar-refractivity contribution in [3.63, 3.8) is 0 Å². The number of sulfone groups is 1. The van der Waals surface area contributed by atoms with Gasteiger partial charge in [0.25, 0.3) is 0 Å². The molecule has 118 valence electrons. The minimum Gasteiger partial charge on any atom is -0.382 e. The molecule has 0 aromatic carbocycles. The summed E-state index contributed by atoms with van der Waals surface area (Å²) in [5.74, 6) is 0.877. The Kier molecular flexibility index (Phi) is 4.11. The first kappa shape index (κ1) is 15.1. The standard InChI is InChI=1S/C13H22N4O2S2/c1-2-7-21(18,19)11-12(14)16-20-13(11)15-10-8-17-5-3-9(10)4-6-17/h9-10,15H,2-8H2,1H3,(H2,14,16). The van der Waals surface area contributed by atoms with Gasteiger partial charge in [-0.25, -0.2) is 8.42 Å². The number of hydrogen-bond donors (Lipinski definition) is 2. The first-order chi connectivity index (χ1) is 10.0. The molecule has 2 bridgehead atoms. The molecule has 3 aliphatic rings. The van der Waals surface area contributed by atoms with Crippen LogP contribution in [0, 0.1) is 5.92 Å². The van der Waals surface area contributed by atoms with E-state index in [-0.39, 0.29) is 16.5 Å². The average Bonchev–Trinajstić information content (AvgIpc) is 2.82. The predicted octanol–water partition coefficient (Wildman–Crippen LogP) is 1.42. The Bertz CT molecular complexity index is 606. The third-order valence-corrected chi connectivity index (χ3v) is 7.33. The van der Waals surface area contributed by atoms with Crippen LogP contribution in [0.25, 0.3) is 0 Å². The molecule has 21 heavy (non-hydrogen) atoms. The number of fused-ring (bicyclic) bond motifs is 3. The summed E-state index contributed by atoms with van der Waals surface area (Å²) in [5.41, 5.74) is 5.81. The number of hydrogen-bond acceptors (Lipinski definition) is 7. The lowest BCUT2D eigenvalue weighted by atomic mass is 9.84. The summed E-state index contributed by atoms with van der Waals surface area (Å²) in [6, 6.07) is 0.308. The van der Waals surface area contributed by atoms with Gasteiger partial charge in [0.2, 0.25) is 0 Å². The molecule has 1 aromatic rings. The van der Waals surface area contributed by atoms with Gasteiger partial charge in [0.1, 0.15) is 9.90 Å². The van der Waals surface area contributed by atoms with E-state index in [1.54, 1.807) is 0 Å². The van der Waals surface area contributed by atoms with E-state index in [2.05, 4.69) is 14.6 Å². The summed E-state index contributed by atoms with van der Waals surface area (Å²) in [6.07, 6.45) is 2.95. The fraction of sp³-hybridized carbons (Fsp3) is 0.769. The second-order valence-corrected chi connectivity index (χ2v) is 8.75. The highest BCUT2D eigenvalue weighted by atomic mass is 32.2. The molecule has 0 radical (unpaired) electrons. The number of nitrogens with two attached hydrogens (primary N) is 1. The van der Waals surface area contributed by atoms with E-state index in [1.165, 1.54) is 24.4 Å². The van der Waals surface area contributed by atoms with Crippen LogP contribution in [0.5, 0.6) is 0 Å². The van der Waals surface area contributed by atoms with Crippen molar-refractivity contribution in [3.8, 4) is 0 Å². The molecule has 0 saturated carbocycles. The van der Waals surface area contributed by atoms with E-state index >= 15 is 0 Å². The molecular weight excluding hydrogens is 308 g/mol. The monoisotopic (exact) mass is 330 g/mol. The zero-order valence-corrected chi connectivity index (χ0v) is 13.8. The van der Waals surface area contributed by atoms with Gasteiger partial charge < -0.3 is 16.0 Å². The average molecular weight is 330 g/mol. The van der Waals surface area contributed by atoms with Crippen molar-refractivity contribution in [3.05, 3.63) is 0 Å². The maximum absolute atomic E-state index is 12.4. The van der Waals surface area contributed by atoms with Crippen LogP contribution in [0.3, 0.4) is 0 Å². The van der Waals surface area contributed by atoms with E-state index in [0.29, 0.717) is 23.4 Å². The molecule has 1 aromatic heterocycles. The maximum Gasteiger partial charge on any atom is 0.185 e. The van der Waals surface area contributed by atoms with Crippen LogP contribution in [0.2, 0.25) is 0 Å². The Balaban J connectivity index is 1.84. The zero-order valence-electron chi connectivity index (χ0n) is 12.2. The Hall–Kier alpha value is -0.860. The number of nitrogens with one attached hydrogen (secondary N) is 1. The minimum absolute atomic E-state index is 0.116. The topological polar surface area (TPSA) is 88.3 Å². The zero-order chi connectivity index (χ0) is 15.0. The summed E-state index contributed by atoms with van der Waals surface area (Å²) < 4.78 is 28.8. The van der Waals surface area contributed by atoms with E-state index in [9.17, 15) is 8.42 Å². The van der Waals surface area contributed by atoms with Crippen LogP contribution in [0.4, 0.5) is 10.8 Å². The van der Waals surface area contributed by atoms with Crippen molar-refractivity contribution in [2.24, 2.45) is 5.92 Å². The lowest BCUT2D eigenvalue weighted by Gasteiger charge is -2.45. The van der Waals surface area contributed by atoms with E-state index in [4.69, 9.17) is 5.73 Å². The van der Waals surface area contributed by atoms with Gasteiger partial charge in [-0.2, -0.15) is 4.37 Å². The van der Waals surface area contributed by atoms with Crippen molar-refractivity contribution in [2.75, 3.05) is 36.4 Å². The molecule has 1 atom stereocenters. The molecule has 1 unspecified atom stereocenters. The molecule has 0 amide bonds. The maximum atomic E-state index is 12.4. The molecule has 0 aliphatic carbocycles. The van der Waals surface area contributed by atoms with Gasteiger partial charge in [0.15, 0.2) is 15.7 Å². The molecule has 3 saturated heterocycles. The number of piperidine rings is 3. The number of rotatable bonds is 5. The molecule has 3 N–H and O–H groups in total. The first-order valence-corrected chi connectivity index (χ1v) is 9.90. The van der Waals surface area contributed by atoms with Crippen molar-refractivity contribution in [2.45, 2.75) is 37.1 Å². The van der Waals surface area contributed by atoms with Crippen molar-refractivity contribution < 1.29 is 8.42 Å². The largest absolute Gasteiger partial charge is 0.382 e. The Morgan fingerprint density at radius 3 is 2.71 bits per heavy atom. The second kappa shape index (κ2) is 5.73. The van der Waals surface area contributed by atoms with Crippen LogP contribution < -0.4 is 11.1 Å². The van der Waals surface area contributed by atoms with Gasteiger partial charge in [-0.05, 0) is 49.8 Å². The van der Waals surface area contributed by atoms with Crippen LogP contribution in [-0.2, 0) is 9.84 Å². The molecule has 3 aliphatic heterocycles. The van der Waals surface area contributed by atoms with Crippen LogP contribution in [0.15, 0.2) is 4.90 Å². The Labute approximate surface area is 129 Å². The summed E-state index contributed by atoms with van der Waals surface area (Å²) in [5, 5.41) is 4.05. The quantitative estimate of drug-likeness (QED) is 0.849. The fourth-order valence-corrected chi connectivity index (χ4v) is 6.02. The Morgan fingerprint density at radius 1 is 1.43 bits per heavy atom. The highest BCUT2D eigenvalue weighted by Crippen LogP contribution is 2.36. The number of aromatic nitrogens is 1. The van der Waals surface area contributed by atoms with Crippen LogP contribution >= 0.6 is 11.5 Å². The number of nitrogens with zero attached hydrogens (tertiary/aromatic N) is 2. The number of nitrogen functional groups attached to an aromatic ring is 1. The summed E-state index contributed by atoms with van der Waals surface area (Å²) in [7, 11) is -3.35. The van der Waals surface area contributed by atoms with Gasteiger partial charge in [0.05, 0.1) is 5.75 Å². The van der Waals surface area contributed by atoms with Gasteiger partial charge >= 0.3 is 0 Å². The summed E-state index contributed by atoms with van der Waals surface area (Å²) in [6.45, 7) is 5.16. The summed E-state index contributed by atoms with van der Waals surface area (Å²) in [4.78, 5) is 2.65. The smallest absolute Gasteiger partial charge is 0.185 e. The molecule has 8 heteroatoms. The third kappa shape index (κ3) is 2.89. The minimum atomic E-state index is -3.35. The van der Waals surface area contributed by atoms with Gasteiger partial charge in [0, 0.05) is 12.6 Å². The molecule has 4 heterocycles. The highest BCUT2D eigenvalue weighted by Gasteiger charge is 2.35. The van der Waals surface area contributed by atoms with E-state index in [0.717, 1.165) is 19.6 Å². The number of anilines is 2. The molecule has 3 fully saturated rings. The molecule has 6 nitrogen and oxygen atoms in total. The first-order valence-electron chi connectivity index (χ1n) is 7.48. The molecule has 0 spiro atoms. The van der Waals surface area contributed by atoms with Gasteiger partial charge in [-0.15, -0.1) is 0 Å². The van der Waals surface area contributed by atoms with Crippen molar-refractivity contribution >= 4 is 32.2 Å². The normalized spacial score (nSPS) is 28.7. The van der Waals surface area contributed by atoms with E-state index in [1.807, 2.05) is 6.92 Å². The summed E-state index contributed by atoms with van der Waals surface area (Å²) >= 11 is 1.17. The SMILES string of the molecule is CCCS(=O)(=O)c1c(N)nsc1NC1CN2CCC1CC2. The van der Waals surface area contributed by atoms with E-state index < -0.39 is 9.84 Å². The second-order valence-electron chi connectivity index (χ2n) is 5.93. The Morgan fingerprint density at radius 2 is 2.14 bits per heavy atom. The lowest BCUT2D eigenvalue weighted by molar-refractivity contribution is 0.0976. The van der Waals surface area contributed by atoms with Crippen molar-refractivity contribution in [1.82, 2.24) is 9.27 Å². The lowest BCUT2D eigenvalue weighted by Crippen LogP contribution is -2.53.